The van der Waals surface area contributed by atoms with Crippen molar-refractivity contribution in [3.63, 3.8) is 0 Å². The van der Waals surface area contributed by atoms with E-state index in [-0.39, 0.29) is 6.15 Å². The lowest BCUT2D eigenvalue weighted by atomic mass is 10.9. The third kappa shape index (κ3) is 6.78. The molecule has 3 heteroatoms. The van der Waals surface area contributed by atoms with Crippen LogP contribution in [-0.2, 0) is 0 Å². The SMILES string of the molecule is C[CH2][Al]([Cl])[CH2]C.N. The van der Waals surface area contributed by atoms with Crippen LogP contribution in [0.3, 0.4) is 0 Å². The van der Waals surface area contributed by atoms with Gasteiger partial charge in [0.1, 0.15) is 0 Å². The fraction of sp³-hybridized carbons (Fsp3) is 1.00. The van der Waals surface area contributed by atoms with Crippen molar-refractivity contribution in [3.8, 4) is 0 Å². The Labute approximate surface area is 54.2 Å². The fourth-order valence-corrected chi connectivity index (χ4v) is 0.866. The van der Waals surface area contributed by atoms with Gasteiger partial charge in [-0.1, -0.05) is 24.4 Å². The number of rotatable bonds is 2. The Balaban J connectivity index is 0. The molecule has 0 rings (SSSR count). The van der Waals surface area contributed by atoms with E-state index in [4.69, 9.17) is 10.0 Å². The van der Waals surface area contributed by atoms with Crippen LogP contribution >= 0.6 is 10.0 Å². The number of halogens is 1. The molecule has 0 aromatic rings. The van der Waals surface area contributed by atoms with Crippen molar-refractivity contribution >= 4 is 23.3 Å². The summed E-state index contributed by atoms with van der Waals surface area (Å²) in [5.74, 6) is 0. The molecule has 0 saturated heterocycles. The molecule has 0 unspecified atom stereocenters. The summed E-state index contributed by atoms with van der Waals surface area (Å²) in [6.07, 6.45) is 0. The maximum absolute atomic E-state index is 5.79. The van der Waals surface area contributed by atoms with Crippen LogP contribution in [0.1, 0.15) is 13.8 Å². The highest BCUT2D eigenvalue weighted by molar-refractivity contribution is 7.06. The van der Waals surface area contributed by atoms with E-state index in [2.05, 4.69) is 13.8 Å². The van der Waals surface area contributed by atoms with Crippen LogP contribution < -0.4 is 6.15 Å². The molecule has 3 N–H and O–H groups in total. The highest BCUT2D eigenvalue weighted by Gasteiger charge is 2.04. The van der Waals surface area contributed by atoms with Crippen molar-refractivity contribution in [2.75, 3.05) is 0 Å². The monoisotopic (exact) mass is 137 g/mol. The molecule has 7 heavy (non-hydrogen) atoms. The molecule has 44 valence electrons. The molecule has 0 bridgehead atoms. The first-order chi connectivity index (χ1) is 2.81. The van der Waals surface area contributed by atoms with E-state index in [1.807, 2.05) is 0 Å². The molecular formula is C4H13AlClN. The third-order valence-corrected chi connectivity index (χ3v) is 4.51. The first kappa shape index (κ1) is 10.7. The molecule has 0 aromatic carbocycles. The number of hydrogen-bond donors (Lipinski definition) is 1. The summed E-state index contributed by atoms with van der Waals surface area (Å²) in [5.41, 5.74) is 0. The minimum Gasteiger partial charge on any atom is -0.344 e. The van der Waals surface area contributed by atoms with E-state index in [0.29, 0.717) is 0 Å². The summed E-state index contributed by atoms with van der Waals surface area (Å²) in [6.45, 7) is 4.32. The van der Waals surface area contributed by atoms with Crippen molar-refractivity contribution in [1.29, 1.82) is 0 Å². The van der Waals surface area contributed by atoms with Crippen LogP contribution in [0.5, 0.6) is 0 Å². The van der Waals surface area contributed by atoms with Gasteiger partial charge >= 0.3 is 13.2 Å². The minimum absolute atomic E-state index is 0. The summed E-state index contributed by atoms with van der Waals surface area (Å²) < 4.78 is 0. The Morgan fingerprint density at radius 1 is 1.29 bits per heavy atom. The van der Waals surface area contributed by atoms with Crippen molar-refractivity contribution < 1.29 is 0 Å². The molecule has 0 atom stereocenters. The highest BCUT2D eigenvalue weighted by atomic mass is 35.6. The van der Waals surface area contributed by atoms with Crippen molar-refractivity contribution in [2.45, 2.75) is 24.4 Å². The molecule has 0 aliphatic heterocycles. The Kier molecular flexibility index (Phi) is 10.4. The summed E-state index contributed by atoms with van der Waals surface area (Å²) in [6, 6.07) is 0. The molecule has 0 saturated carbocycles. The molecule has 0 heterocycles. The summed E-state index contributed by atoms with van der Waals surface area (Å²) in [7, 11) is 5.79. The van der Waals surface area contributed by atoms with Gasteiger partial charge < -0.3 is 6.15 Å². The average Bonchev–Trinajstić information content (AvgIpc) is 1.65. The van der Waals surface area contributed by atoms with Crippen LogP contribution in [0.25, 0.3) is 0 Å². The maximum Gasteiger partial charge on any atom is 0.399 e. The lowest BCUT2D eigenvalue weighted by molar-refractivity contribution is 1.35. The zero-order chi connectivity index (χ0) is 4.99. The number of hydrogen-bond acceptors (Lipinski definition) is 1. The Hall–Kier alpha value is 0.782. The Morgan fingerprint density at radius 2 is 1.57 bits per heavy atom. The van der Waals surface area contributed by atoms with Gasteiger partial charge in [0.25, 0.3) is 0 Å². The van der Waals surface area contributed by atoms with Crippen LogP contribution in [0, 0.1) is 0 Å². The molecule has 0 amide bonds. The summed E-state index contributed by atoms with van der Waals surface area (Å²) in [5, 5.41) is 2.47. The molecule has 0 radical (unpaired) electrons. The highest BCUT2D eigenvalue weighted by Crippen LogP contribution is 2.00. The van der Waals surface area contributed by atoms with Gasteiger partial charge in [-0.05, 0) is 0 Å². The van der Waals surface area contributed by atoms with Gasteiger partial charge in [-0.2, -0.15) is 0 Å². The van der Waals surface area contributed by atoms with Gasteiger partial charge in [-0.25, -0.2) is 0 Å². The Bertz CT molecular complexity index is 30.9. The zero-order valence-electron chi connectivity index (χ0n) is 5.08. The Morgan fingerprint density at radius 3 is 1.57 bits per heavy atom. The predicted molar refractivity (Wildman–Crippen MR) is 37.6 cm³/mol. The van der Waals surface area contributed by atoms with E-state index in [1.165, 1.54) is 10.6 Å². The molecule has 0 aliphatic carbocycles. The zero-order valence-corrected chi connectivity index (χ0v) is 6.99. The molecule has 0 aromatic heterocycles. The average molecular weight is 138 g/mol. The second-order valence-electron chi connectivity index (χ2n) is 1.41. The van der Waals surface area contributed by atoms with Crippen molar-refractivity contribution in [2.24, 2.45) is 0 Å². The quantitative estimate of drug-likeness (QED) is 0.583. The van der Waals surface area contributed by atoms with E-state index in [1.54, 1.807) is 0 Å². The predicted octanol–water partition coefficient (Wildman–Crippen LogP) is 2.42. The topological polar surface area (TPSA) is 35.0 Å². The lowest BCUT2D eigenvalue weighted by Gasteiger charge is -1.86. The molecule has 0 spiro atoms. The normalized spacial score (nSPS) is 7.29. The standard InChI is InChI=1S/2C2H5.Al.ClH.H3N/c2*1-2;;;/h2*1H2,2H3;;1H;1H3/q;;+1;;/p-1. The van der Waals surface area contributed by atoms with E-state index in [0.717, 1.165) is 0 Å². The summed E-state index contributed by atoms with van der Waals surface area (Å²) >= 11 is -0.688. The molecule has 0 fully saturated rings. The third-order valence-electron chi connectivity index (χ3n) is 0.886. The first-order valence-electron chi connectivity index (χ1n) is 2.45. The van der Waals surface area contributed by atoms with E-state index < -0.39 is 13.2 Å². The molecule has 1 nitrogen and oxygen atoms in total. The van der Waals surface area contributed by atoms with Crippen LogP contribution in [0.4, 0.5) is 0 Å². The van der Waals surface area contributed by atoms with Gasteiger partial charge in [-0.15, -0.1) is 0 Å². The van der Waals surface area contributed by atoms with Crippen molar-refractivity contribution in [1.82, 2.24) is 6.15 Å². The lowest BCUT2D eigenvalue weighted by Crippen LogP contribution is -1.95. The molecule has 0 aliphatic rings. The smallest absolute Gasteiger partial charge is 0.344 e. The van der Waals surface area contributed by atoms with Gasteiger partial charge in [0.15, 0.2) is 0 Å². The largest absolute Gasteiger partial charge is 0.399 e. The van der Waals surface area contributed by atoms with E-state index >= 15 is 0 Å². The van der Waals surface area contributed by atoms with E-state index in [9.17, 15) is 0 Å². The van der Waals surface area contributed by atoms with Crippen LogP contribution in [-0.4, -0.2) is 13.2 Å². The molecular weight excluding hydrogens is 124 g/mol. The van der Waals surface area contributed by atoms with Crippen molar-refractivity contribution in [3.05, 3.63) is 0 Å². The summed E-state index contributed by atoms with van der Waals surface area (Å²) in [4.78, 5) is 0. The second kappa shape index (κ2) is 6.78. The van der Waals surface area contributed by atoms with Gasteiger partial charge in [0.2, 0.25) is 0 Å². The minimum atomic E-state index is -0.688. The van der Waals surface area contributed by atoms with Crippen LogP contribution in [0.15, 0.2) is 0 Å². The van der Waals surface area contributed by atoms with Crippen LogP contribution in [0.2, 0.25) is 10.6 Å². The fourth-order valence-electron chi connectivity index (χ4n) is 0.289. The first-order valence-corrected chi connectivity index (χ1v) is 5.83. The maximum atomic E-state index is 5.79. The van der Waals surface area contributed by atoms with Gasteiger partial charge in [-0.3, -0.25) is 10.0 Å². The van der Waals surface area contributed by atoms with Gasteiger partial charge in [0, 0.05) is 0 Å². The van der Waals surface area contributed by atoms with Gasteiger partial charge in [0.05, 0.1) is 0 Å². The second-order valence-corrected chi connectivity index (χ2v) is 6.09.